The molecule has 236 valence electrons. The van der Waals surface area contributed by atoms with Crippen molar-refractivity contribution in [3.05, 3.63) is 82.9 Å². The molecule has 1 aromatic heterocycles. The number of hydrogen-bond donors (Lipinski definition) is 0. The molecule has 0 aliphatic carbocycles. The summed E-state index contributed by atoms with van der Waals surface area (Å²) in [5, 5.41) is 20.3. The van der Waals surface area contributed by atoms with Gasteiger partial charge in [-0.05, 0) is 122 Å². The van der Waals surface area contributed by atoms with E-state index in [1.54, 1.807) is 0 Å². The molecule has 47 heavy (non-hydrogen) atoms. The first-order valence-corrected chi connectivity index (χ1v) is 18.3. The van der Waals surface area contributed by atoms with Crippen molar-refractivity contribution in [2.45, 2.75) is 105 Å². The van der Waals surface area contributed by atoms with Gasteiger partial charge in [0.05, 0.1) is 0 Å². The second-order valence-corrected chi connectivity index (χ2v) is 19.6. The molecule has 0 radical (unpaired) electrons. The van der Waals surface area contributed by atoms with Crippen molar-refractivity contribution in [2.24, 2.45) is 0 Å². The van der Waals surface area contributed by atoms with Crippen molar-refractivity contribution < 1.29 is 0 Å². The highest BCUT2D eigenvalue weighted by Crippen LogP contribution is 2.57. The van der Waals surface area contributed by atoms with Crippen LogP contribution in [0.25, 0.3) is 84.8 Å². The van der Waals surface area contributed by atoms with Crippen LogP contribution in [-0.2, 0) is 21.7 Å². The van der Waals surface area contributed by atoms with Crippen LogP contribution in [0, 0.1) is 0 Å². The Labute approximate surface area is 282 Å². The Morgan fingerprint density at radius 2 is 0.574 bits per heavy atom. The average Bonchev–Trinajstić information content (AvgIpc) is 3.59. The lowest BCUT2D eigenvalue weighted by Crippen LogP contribution is -2.14. The van der Waals surface area contributed by atoms with Gasteiger partial charge in [0, 0.05) is 30.9 Å². The molecule has 0 atom stereocenters. The van der Waals surface area contributed by atoms with E-state index >= 15 is 0 Å². The van der Waals surface area contributed by atoms with Crippen LogP contribution in [0.3, 0.4) is 0 Å². The molecule has 0 amide bonds. The number of benzene rings is 6. The quantitative estimate of drug-likeness (QED) is 0.156. The van der Waals surface area contributed by atoms with E-state index in [1.807, 2.05) is 0 Å². The zero-order valence-corrected chi connectivity index (χ0v) is 31.0. The molecular formula is C46H46S. The first-order chi connectivity index (χ1) is 21.9. The molecule has 0 fully saturated rings. The van der Waals surface area contributed by atoms with Crippen LogP contribution in [0.1, 0.15) is 105 Å². The Balaban J connectivity index is 1.62. The molecule has 8 aromatic carbocycles. The van der Waals surface area contributed by atoms with E-state index in [0.29, 0.717) is 0 Å². The third-order valence-corrected chi connectivity index (χ3v) is 12.4. The van der Waals surface area contributed by atoms with Crippen LogP contribution in [0.4, 0.5) is 0 Å². The van der Waals surface area contributed by atoms with Gasteiger partial charge in [0.25, 0.3) is 0 Å². The Hall–Kier alpha value is -3.68. The van der Waals surface area contributed by atoms with Crippen LogP contribution < -0.4 is 0 Å². The van der Waals surface area contributed by atoms with E-state index in [-0.39, 0.29) is 21.7 Å². The standard InChI is InChI=1S/C46H46S/c1-43(2,3)31-19-27-37-29(21-33(45(7,8)9)25-17-13-15-23(31)35(25)37)41-39(27)40-28-20-32(44(4,5)6)24-16-14-18-26-34(46(10,11)12)22-30(42(40)47-41)38(28)36(24)26/h13-22H,1-12H3. The van der Waals surface area contributed by atoms with Gasteiger partial charge in [-0.3, -0.25) is 0 Å². The first kappa shape index (κ1) is 29.5. The second-order valence-electron chi connectivity index (χ2n) is 18.6. The maximum absolute atomic E-state index is 2.58. The fourth-order valence-electron chi connectivity index (χ4n) is 9.11. The molecule has 0 aliphatic heterocycles. The van der Waals surface area contributed by atoms with Gasteiger partial charge >= 0.3 is 0 Å². The lowest BCUT2D eigenvalue weighted by Gasteiger charge is -2.26. The average molecular weight is 631 g/mol. The molecule has 9 rings (SSSR count). The van der Waals surface area contributed by atoms with E-state index in [9.17, 15) is 0 Å². The molecule has 0 aliphatic rings. The summed E-state index contributed by atoms with van der Waals surface area (Å²) in [6.07, 6.45) is 0. The molecule has 0 bridgehead atoms. The summed E-state index contributed by atoms with van der Waals surface area (Å²) in [4.78, 5) is 0. The number of fused-ring (bicyclic) bond motifs is 7. The van der Waals surface area contributed by atoms with E-state index in [0.717, 1.165) is 0 Å². The van der Waals surface area contributed by atoms with Crippen molar-refractivity contribution in [1.29, 1.82) is 0 Å². The van der Waals surface area contributed by atoms with E-state index in [2.05, 4.69) is 155 Å². The van der Waals surface area contributed by atoms with Gasteiger partial charge in [0.1, 0.15) is 0 Å². The highest BCUT2D eigenvalue weighted by atomic mass is 32.1. The molecule has 0 nitrogen and oxygen atoms in total. The number of thiophene rings is 1. The summed E-state index contributed by atoms with van der Waals surface area (Å²) in [5.41, 5.74) is 5.92. The summed E-state index contributed by atoms with van der Waals surface area (Å²) in [6, 6.07) is 24.4. The molecule has 0 saturated carbocycles. The Morgan fingerprint density at radius 1 is 0.319 bits per heavy atom. The Morgan fingerprint density at radius 3 is 0.851 bits per heavy atom. The predicted octanol–water partition coefficient (Wildman–Crippen LogP) is 14.5. The third kappa shape index (κ3) is 3.70. The smallest absolute Gasteiger partial charge is 0.0441 e. The predicted molar refractivity (Wildman–Crippen MR) is 213 cm³/mol. The fraction of sp³-hybridized carbons (Fsp3) is 0.348. The van der Waals surface area contributed by atoms with Crippen LogP contribution >= 0.6 is 11.3 Å². The van der Waals surface area contributed by atoms with Gasteiger partial charge in [0.15, 0.2) is 0 Å². The van der Waals surface area contributed by atoms with Gasteiger partial charge < -0.3 is 0 Å². The minimum Gasteiger partial charge on any atom is -0.134 e. The number of rotatable bonds is 0. The SMILES string of the molecule is CC(C)(C)c1cc2c3sc4c5cc(C(C)(C)C)c6cccc7c(C(C)(C)C)cc(c5c67)c4c3c3cc(C(C)(C)C)c4cccc1c4c23. The Kier molecular flexibility index (Phi) is 5.43. The fourth-order valence-corrected chi connectivity index (χ4v) is 10.5. The summed E-state index contributed by atoms with van der Waals surface area (Å²) in [7, 11) is 0. The van der Waals surface area contributed by atoms with Crippen molar-refractivity contribution in [3.63, 3.8) is 0 Å². The van der Waals surface area contributed by atoms with E-state index in [1.165, 1.54) is 107 Å². The summed E-state index contributed by atoms with van der Waals surface area (Å²) >= 11 is 2.05. The van der Waals surface area contributed by atoms with Crippen molar-refractivity contribution in [3.8, 4) is 0 Å². The van der Waals surface area contributed by atoms with Crippen molar-refractivity contribution in [1.82, 2.24) is 0 Å². The van der Waals surface area contributed by atoms with Gasteiger partial charge in [-0.15, -0.1) is 11.3 Å². The molecule has 1 heterocycles. The molecule has 0 saturated heterocycles. The van der Waals surface area contributed by atoms with E-state index in [4.69, 9.17) is 0 Å². The first-order valence-electron chi connectivity index (χ1n) is 17.5. The third-order valence-electron chi connectivity index (χ3n) is 11.2. The van der Waals surface area contributed by atoms with Crippen LogP contribution in [0.5, 0.6) is 0 Å². The maximum atomic E-state index is 2.58. The summed E-state index contributed by atoms with van der Waals surface area (Å²) < 4.78 is 2.93. The largest absolute Gasteiger partial charge is 0.134 e. The summed E-state index contributed by atoms with van der Waals surface area (Å²) in [6.45, 7) is 28.6. The monoisotopic (exact) mass is 630 g/mol. The lowest BCUT2D eigenvalue weighted by atomic mass is 9.77. The molecule has 0 spiro atoms. The zero-order chi connectivity index (χ0) is 33.3. The maximum Gasteiger partial charge on any atom is 0.0441 e. The van der Waals surface area contributed by atoms with Crippen LogP contribution in [-0.4, -0.2) is 0 Å². The van der Waals surface area contributed by atoms with Gasteiger partial charge in [0.2, 0.25) is 0 Å². The van der Waals surface area contributed by atoms with Gasteiger partial charge in [-0.1, -0.05) is 119 Å². The van der Waals surface area contributed by atoms with Crippen LogP contribution in [0.2, 0.25) is 0 Å². The minimum atomic E-state index is 0.0196. The molecular weight excluding hydrogens is 585 g/mol. The van der Waals surface area contributed by atoms with Crippen molar-refractivity contribution >= 4 is 96.1 Å². The lowest BCUT2D eigenvalue weighted by molar-refractivity contribution is 0.595. The zero-order valence-electron chi connectivity index (χ0n) is 30.2. The van der Waals surface area contributed by atoms with E-state index < -0.39 is 0 Å². The highest BCUT2D eigenvalue weighted by molar-refractivity contribution is 7.28. The molecule has 9 aromatic rings. The van der Waals surface area contributed by atoms with Gasteiger partial charge in [-0.2, -0.15) is 0 Å². The number of hydrogen-bond acceptors (Lipinski definition) is 1. The topological polar surface area (TPSA) is 0 Å². The van der Waals surface area contributed by atoms with Crippen LogP contribution in [0.15, 0.2) is 60.7 Å². The highest BCUT2D eigenvalue weighted by Gasteiger charge is 2.32. The van der Waals surface area contributed by atoms with Gasteiger partial charge in [-0.25, -0.2) is 0 Å². The summed E-state index contributed by atoms with van der Waals surface area (Å²) in [5.74, 6) is 0. The second kappa shape index (κ2) is 8.66. The molecule has 1 heteroatoms. The molecule has 0 N–H and O–H groups in total. The normalized spacial score (nSPS) is 14.4. The Bertz CT molecular complexity index is 2510. The molecule has 0 unspecified atom stereocenters. The minimum absolute atomic E-state index is 0.0196. The van der Waals surface area contributed by atoms with Crippen molar-refractivity contribution in [2.75, 3.05) is 0 Å².